The molecule has 1 amide bonds. The van der Waals surface area contributed by atoms with Gasteiger partial charge in [-0.1, -0.05) is 29.8 Å². The molecule has 0 radical (unpaired) electrons. The highest BCUT2D eigenvalue weighted by atomic mass is 16.4. The monoisotopic (exact) mass is 342 g/mol. The number of nitrogens with zero attached hydrogens (tertiary/aromatic N) is 2. The maximum atomic E-state index is 12.5. The van der Waals surface area contributed by atoms with E-state index in [9.17, 15) is 9.90 Å². The molecule has 1 aliphatic rings. The zero-order chi connectivity index (χ0) is 18.0. The minimum absolute atomic E-state index is 0.0553. The van der Waals surface area contributed by atoms with Gasteiger partial charge in [-0.2, -0.15) is 0 Å². The molecule has 5 nitrogen and oxygen atoms in total. The Bertz CT molecular complexity index is 728. The SMILES string of the molecule is Cc1ccc(-c2cnc(CCC(=O)N3CCCC3C(C)(C)O)o2)cc1. The molecule has 1 saturated heterocycles. The number of rotatable bonds is 5. The van der Waals surface area contributed by atoms with Crippen molar-refractivity contribution in [1.82, 2.24) is 9.88 Å². The number of carbonyl (C=O) groups excluding carboxylic acids is 1. The van der Waals surface area contributed by atoms with E-state index in [1.54, 1.807) is 20.0 Å². The molecule has 1 atom stereocenters. The van der Waals surface area contributed by atoms with E-state index in [2.05, 4.69) is 4.98 Å². The van der Waals surface area contributed by atoms with E-state index in [0.29, 0.717) is 25.3 Å². The molecule has 134 valence electrons. The van der Waals surface area contributed by atoms with Gasteiger partial charge < -0.3 is 14.4 Å². The van der Waals surface area contributed by atoms with E-state index < -0.39 is 5.60 Å². The Morgan fingerprint density at radius 1 is 1.36 bits per heavy atom. The third kappa shape index (κ3) is 4.10. The fourth-order valence-corrected chi connectivity index (χ4v) is 3.43. The first-order valence-electron chi connectivity index (χ1n) is 8.88. The van der Waals surface area contributed by atoms with Crippen molar-refractivity contribution >= 4 is 5.91 Å². The van der Waals surface area contributed by atoms with Crippen molar-refractivity contribution in [2.24, 2.45) is 0 Å². The topological polar surface area (TPSA) is 66.6 Å². The minimum Gasteiger partial charge on any atom is -0.441 e. The largest absolute Gasteiger partial charge is 0.441 e. The van der Waals surface area contributed by atoms with Crippen LogP contribution in [0.2, 0.25) is 0 Å². The molecular formula is C20H26N2O3. The van der Waals surface area contributed by atoms with Crippen LogP contribution in [0, 0.1) is 6.92 Å². The summed E-state index contributed by atoms with van der Waals surface area (Å²) in [5.74, 6) is 1.35. The first kappa shape index (κ1) is 17.7. The summed E-state index contributed by atoms with van der Waals surface area (Å²) in [6.07, 6.45) is 4.32. The number of oxazole rings is 1. The molecule has 5 heteroatoms. The van der Waals surface area contributed by atoms with Gasteiger partial charge in [-0.25, -0.2) is 4.98 Å². The van der Waals surface area contributed by atoms with E-state index in [4.69, 9.17) is 4.42 Å². The average Bonchev–Trinajstić information content (AvgIpc) is 3.22. The van der Waals surface area contributed by atoms with Crippen LogP contribution in [0.5, 0.6) is 0 Å². The first-order chi connectivity index (χ1) is 11.8. The smallest absolute Gasteiger partial charge is 0.223 e. The van der Waals surface area contributed by atoms with E-state index in [0.717, 1.165) is 24.2 Å². The van der Waals surface area contributed by atoms with Crippen LogP contribution in [0.25, 0.3) is 11.3 Å². The Morgan fingerprint density at radius 3 is 2.76 bits per heavy atom. The summed E-state index contributed by atoms with van der Waals surface area (Å²) in [6.45, 7) is 6.30. The number of aryl methyl sites for hydroxylation is 2. The second-order valence-electron chi connectivity index (χ2n) is 7.38. The Hall–Kier alpha value is -2.14. The first-order valence-corrected chi connectivity index (χ1v) is 8.88. The summed E-state index contributed by atoms with van der Waals surface area (Å²) in [5.41, 5.74) is 1.31. The van der Waals surface area contributed by atoms with Crippen LogP contribution in [-0.4, -0.2) is 39.1 Å². The van der Waals surface area contributed by atoms with Crippen molar-refractivity contribution in [1.29, 1.82) is 0 Å². The van der Waals surface area contributed by atoms with Gasteiger partial charge >= 0.3 is 0 Å². The Kier molecular flexibility index (Phi) is 4.95. The summed E-state index contributed by atoms with van der Waals surface area (Å²) in [5, 5.41) is 10.2. The lowest BCUT2D eigenvalue weighted by Gasteiger charge is -2.33. The Labute approximate surface area is 148 Å². The quantitative estimate of drug-likeness (QED) is 0.905. The molecule has 2 aromatic rings. The fourth-order valence-electron chi connectivity index (χ4n) is 3.43. The molecule has 0 saturated carbocycles. The standard InChI is InChI=1S/C20H26N2O3/c1-14-6-8-15(9-7-14)16-13-21-18(25-16)10-11-19(23)22-12-4-5-17(22)20(2,3)24/h6-9,13,17,24H,4-5,10-12H2,1-3H3. The van der Waals surface area contributed by atoms with Crippen molar-refractivity contribution < 1.29 is 14.3 Å². The van der Waals surface area contributed by atoms with Gasteiger partial charge in [0, 0.05) is 24.9 Å². The number of amides is 1. The molecule has 1 N–H and O–H groups in total. The predicted molar refractivity (Wildman–Crippen MR) is 96.0 cm³/mol. The average molecular weight is 342 g/mol. The van der Waals surface area contributed by atoms with Crippen molar-refractivity contribution in [3.05, 3.63) is 41.9 Å². The van der Waals surface area contributed by atoms with Crippen LogP contribution < -0.4 is 0 Å². The van der Waals surface area contributed by atoms with Crippen LogP contribution in [0.1, 0.15) is 44.6 Å². The second kappa shape index (κ2) is 7.00. The summed E-state index contributed by atoms with van der Waals surface area (Å²) >= 11 is 0. The van der Waals surface area contributed by atoms with Crippen LogP contribution >= 0.6 is 0 Å². The molecular weight excluding hydrogens is 316 g/mol. The van der Waals surface area contributed by atoms with Gasteiger partial charge in [0.2, 0.25) is 5.91 Å². The zero-order valence-electron chi connectivity index (χ0n) is 15.2. The molecule has 1 unspecified atom stereocenters. The van der Waals surface area contributed by atoms with Gasteiger partial charge in [0.15, 0.2) is 11.7 Å². The van der Waals surface area contributed by atoms with Crippen LogP contribution in [0.3, 0.4) is 0 Å². The second-order valence-corrected chi connectivity index (χ2v) is 7.38. The third-order valence-corrected chi connectivity index (χ3v) is 4.83. The van der Waals surface area contributed by atoms with Crippen molar-refractivity contribution in [3.8, 4) is 11.3 Å². The summed E-state index contributed by atoms with van der Waals surface area (Å²) in [4.78, 5) is 18.6. The van der Waals surface area contributed by atoms with E-state index in [1.165, 1.54) is 5.56 Å². The molecule has 0 aliphatic carbocycles. The lowest BCUT2D eigenvalue weighted by atomic mass is 9.96. The number of likely N-dealkylation sites (tertiary alicyclic amines) is 1. The van der Waals surface area contributed by atoms with Crippen LogP contribution in [0.4, 0.5) is 0 Å². The van der Waals surface area contributed by atoms with Gasteiger partial charge in [-0.15, -0.1) is 0 Å². The molecule has 25 heavy (non-hydrogen) atoms. The maximum absolute atomic E-state index is 12.5. The lowest BCUT2D eigenvalue weighted by molar-refractivity contribution is -0.136. The van der Waals surface area contributed by atoms with Crippen molar-refractivity contribution in [3.63, 3.8) is 0 Å². The highest BCUT2D eigenvalue weighted by Crippen LogP contribution is 2.28. The normalized spacial score (nSPS) is 17.9. The molecule has 1 fully saturated rings. The molecule has 2 heterocycles. The Morgan fingerprint density at radius 2 is 2.08 bits per heavy atom. The number of hydrogen-bond acceptors (Lipinski definition) is 4. The molecule has 1 aromatic carbocycles. The number of benzene rings is 1. The number of aliphatic hydroxyl groups is 1. The van der Waals surface area contributed by atoms with Crippen LogP contribution in [-0.2, 0) is 11.2 Å². The van der Waals surface area contributed by atoms with E-state index in [1.807, 2.05) is 36.1 Å². The third-order valence-electron chi connectivity index (χ3n) is 4.83. The molecule has 1 aliphatic heterocycles. The van der Waals surface area contributed by atoms with Gasteiger partial charge in [-0.05, 0) is 33.6 Å². The fraction of sp³-hybridized carbons (Fsp3) is 0.500. The highest BCUT2D eigenvalue weighted by Gasteiger charge is 2.38. The molecule has 1 aromatic heterocycles. The van der Waals surface area contributed by atoms with Gasteiger partial charge in [-0.3, -0.25) is 4.79 Å². The van der Waals surface area contributed by atoms with Gasteiger partial charge in [0.05, 0.1) is 17.8 Å². The van der Waals surface area contributed by atoms with Gasteiger partial charge in [0.1, 0.15) is 0 Å². The Balaban J connectivity index is 1.60. The summed E-state index contributed by atoms with van der Waals surface area (Å²) in [6, 6.07) is 7.97. The highest BCUT2D eigenvalue weighted by molar-refractivity contribution is 5.77. The number of carbonyl (C=O) groups is 1. The van der Waals surface area contributed by atoms with Crippen LogP contribution in [0.15, 0.2) is 34.9 Å². The van der Waals surface area contributed by atoms with Crippen molar-refractivity contribution in [2.45, 2.75) is 58.1 Å². The minimum atomic E-state index is -0.867. The van der Waals surface area contributed by atoms with E-state index in [-0.39, 0.29) is 11.9 Å². The molecule has 0 bridgehead atoms. The lowest BCUT2D eigenvalue weighted by Crippen LogP contribution is -2.48. The summed E-state index contributed by atoms with van der Waals surface area (Å²) in [7, 11) is 0. The van der Waals surface area contributed by atoms with Crippen molar-refractivity contribution in [2.75, 3.05) is 6.54 Å². The molecule has 0 spiro atoms. The van der Waals surface area contributed by atoms with Gasteiger partial charge in [0.25, 0.3) is 0 Å². The maximum Gasteiger partial charge on any atom is 0.223 e. The summed E-state index contributed by atoms with van der Waals surface area (Å²) < 4.78 is 5.79. The molecule has 3 rings (SSSR count). The number of aromatic nitrogens is 1. The van der Waals surface area contributed by atoms with E-state index >= 15 is 0 Å². The predicted octanol–water partition coefficient (Wildman–Crippen LogP) is 3.34. The number of hydrogen-bond donors (Lipinski definition) is 1. The zero-order valence-corrected chi connectivity index (χ0v) is 15.2.